The van der Waals surface area contributed by atoms with Crippen molar-refractivity contribution in [2.45, 2.75) is 27.7 Å². The quantitative estimate of drug-likeness (QED) is 0.665. The molecule has 1 rings (SSSR count). The Kier molecular flexibility index (Phi) is 4.43. The molecule has 6 nitrogen and oxygen atoms in total. The van der Waals surface area contributed by atoms with Crippen LogP contribution in [0.1, 0.15) is 33.4 Å². The molecule has 0 radical (unpaired) electrons. The van der Waals surface area contributed by atoms with E-state index < -0.39 is 4.92 Å². The zero-order valence-corrected chi connectivity index (χ0v) is 11.6. The summed E-state index contributed by atoms with van der Waals surface area (Å²) in [5.41, 5.74) is -0.276. The number of pyridine rings is 1. The minimum atomic E-state index is -0.604. The first-order valence-corrected chi connectivity index (χ1v) is 6.05. The number of nitrogens with zero attached hydrogens (tertiary/aromatic N) is 3. The fourth-order valence-corrected chi connectivity index (χ4v) is 1.34. The summed E-state index contributed by atoms with van der Waals surface area (Å²) in [6, 6.07) is 4.57. The van der Waals surface area contributed by atoms with E-state index in [1.54, 1.807) is 6.07 Å². The third-order valence-electron chi connectivity index (χ3n) is 3.24. The second kappa shape index (κ2) is 5.65. The molecule has 0 saturated heterocycles. The molecule has 0 bridgehead atoms. The van der Waals surface area contributed by atoms with E-state index in [-0.39, 0.29) is 16.8 Å². The van der Waals surface area contributed by atoms with Gasteiger partial charge >= 0.3 is 5.69 Å². The molecule has 0 spiro atoms. The van der Waals surface area contributed by atoms with Crippen molar-refractivity contribution in [2.75, 3.05) is 11.9 Å². The summed E-state index contributed by atoms with van der Waals surface area (Å²) in [6.07, 6.45) is 0. The van der Waals surface area contributed by atoms with Gasteiger partial charge in [0.15, 0.2) is 0 Å². The number of hydrogen-bond donors (Lipinski definition) is 1. The Morgan fingerprint density at radius 2 is 2.16 bits per heavy atom. The van der Waals surface area contributed by atoms with Gasteiger partial charge in [0.05, 0.1) is 4.92 Å². The maximum absolute atomic E-state index is 10.7. The van der Waals surface area contributed by atoms with Gasteiger partial charge in [-0.15, -0.1) is 0 Å². The summed E-state index contributed by atoms with van der Waals surface area (Å²) in [7, 11) is 0. The van der Waals surface area contributed by atoms with Crippen LogP contribution in [0.25, 0.3) is 0 Å². The summed E-state index contributed by atoms with van der Waals surface area (Å²) in [4.78, 5) is 14.0. The van der Waals surface area contributed by atoms with Gasteiger partial charge < -0.3 is 5.32 Å². The molecule has 1 atom stereocenters. The standard InChI is InChI=1S/C13H18N4O2/c1-9(13(2,3)4)8-15-12-6-5-11(17(18)19)10(7-14)16-12/h5-6,9H,8H2,1-4H3,(H,15,16). The summed E-state index contributed by atoms with van der Waals surface area (Å²) in [5.74, 6) is 0.883. The lowest BCUT2D eigenvalue weighted by Gasteiger charge is -2.27. The lowest BCUT2D eigenvalue weighted by molar-refractivity contribution is -0.385. The van der Waals surface area contributed by atoms with Crippen LogP contribution in [0.4, 0.5) is 11.5 Å². The minimum Gasteiger partial charge on any atom is -0.370 e. The third kappa shape index (κ3) is 3.91. The molecular weight excluding hydrogens is 244 g/mol. The molecule has 0 aliphatic carbocycles. The molecule has 19 heavy (non-hydrogen) atoms. The lowest BCUT2D eigenvalue weighted by Crippen LogP contribution is -2.25. The minimum absolute atomic E-state index is 0.159. The smallest absolute Gasteiger partial charge is 0.305 e. The van der Waals surface area contributed by atoms with Crippen LogP contribution < -0.4 is 5.32 Å². The van der Waals surface area contributed by atoms with Crippen LogP contribution in [0, 0.1) is 32.8 Å². The molecule has 0 aromatic carbocycles. The summed E-state index contributed by atoms with van der Waals surface area (Å²) >= 11 is 0. The molecule has 1 N–H and O–H groups in total. The maximum Gasteiger partial charge on any atom is 0.305 e. The van der Waals surface area contributed by atoms with Crippen molar-refractivity contribution in [1.29, 1.82) is 5.26 Å². The van der Waals surface area contributed by atoms with Crippen molar-refractivity contribution < 1.29 is 4.92 Å². The first-order valence-electron chi connectivity index (χ1n) is 6.05. The number of aromatic nitrogens is 1. The van der Waals surface area contributed by atoms with Crippen molar-refractivity contribution in [3.8, 4) is 6.07 Å². The van der Waals surface area contributed by atoms with Gasteiger partial charge in [0.1, 0.15) is 11.9 Å². The van der Waals surface area contributed by atoms with Crippen molar-refractivity contribution >= 4 is 11.5 Å². The Bertz CT molecular complexity index is 514. The number of anilines is 1. The van der Waals surface area contributed by atoms with Gasteiger partial charge in [-0.05, 0) is 17.4 Å². The molecule has 1 heterocycles. The predicted molar refractivity (Wildman–Crippen MR) is 72.7 cm³/mol. The molecule has 6 heteroatoms. The zero-order valence-electron chi connectivity index (χ0n) is 11.6. The second-order valence-electron chi connectivity index (χ2n) is 5.58. The number of rotatable bonds is 4. The molecule has 0 aliphatic rings. The van der Waals surface area contributed by atoms with E-state index in [1.807, 2.05) is 0 Å². The van der Waals surface area contributed by atoms with Crippen LogP contribution in [0.5, 0.6) is 0 Å². The van der Waals surface area contributed by atoms with E-state index >= 15 is 0 Å². The van der Waals surface area contributed by atoms with E-state index in [1.165, 1.54) is 12.1 Å². The second-order valence-corrected chi connectivity index (χ2v) is 5.58. The Hall–Kier alpha value is -2.16. The molecule has 0 amide bonds. The summed E-state index contributed by atoms with van der Waals surface area (Å²) < 4.78 is 0. The van der Waals surface area contributed by atoms with E-state index in [9.17, 15) is 10.1 Å². The molecule has 102 valence electrons. The van der Waals surface area contributed by atoms with Crippen LogP contribution in [-0.4, -0.2) is 16.5 Å². The highest BCUT2D eigenvalue weighted by molar-refractivity contribution is 5.50. The molecule has 1 aromatic rings. The topological polar surface area (TPSA) is 91.9 Å². The van der Waals surface area contributed by atoms with Crippen LogP contribution >= 0.6 is 0 Å². The van der Waals surface area contributed by atoms with Crippen LogP contribution in [0.3, 0.4) is 0 Å². The average Bonchev–Trinajstić information content (AvgIpc) is 2.33. The predicted octanol–water partition coefficient (Wildman–Crippen LogP) is 2.96. The first-order chi connectivity index (χ1) is 8.75. The highest BCUT2D eigenvalue weighted by atomic mass is 16.6. The fourth-order valence-electron chi connectivity index (χ4n) is 1.34. The fraction of sp³-hybridized carbons (Fsp3) is 0.538. The number of nitro groups is 1. The van der Waals surface area contributed by atoms with Gasteiger partial charge in [0.2, 0.25) is 5.69 Å². The van der Waals surface area contributed by atoms with Gasteiger partial charge in [-0.2, -0.15) is 5.26 Å². The Morgan fingerprint density at radius 1 is 1.53 bits per heavy atom. The monoisotopic (exact) mass is 262 g/mol. The molecule has 0 aliphatic heterocycles. The van der Waals surface area contributed by atoms with Gasteiger partial charge in [-0.3, -0.25) is 10.1 Å². The summed E-state index contributed by atoms with van der Waals surface area (Å²) in [5, 5.41) is 22.6. The van der Waals surface area contributed by atoms with Crippen molar-refractivity contribution in [3.63, 3.8) is 0 Å². The first kappa shape index (κ1) is 14.9. The largest absolute Gasteiger partial charge is 0.370 e. The van der Waals surface area contributed by atoms with E-state index in [0.29, 0.717) is 18.3 Å². The normalized spacial score (nSPS) is 12.6. The molecule has 0 saturated carbocycles. The van der Waals surface area contributed by atoms with Gasteiger partial charge in [0.25, 0.3) is 0 Å². The summed E-state index contributed by atoms with van der Waals surface area (Å²) in [6.45, 7) is 9.23. The highest BCUT2D eigenvalue weighted by Crippen LogP contribution is 2.25. The van der Waals surface area contributed by atoms with Crippen LogP contribution in [0.2, 0.25) is 0 Å². The lowest BCUT2D eigenvalue weighted by atomic mass is 9.82. The van der Waals surface area contributed by atoms with Gasteiger partial charge in [0, 0.05) is 12.6 Å². The third-order valence-corrected chi connectivity index (χ3v) is 3.24. The Balaban J connectivity index is 2.82. The van der Waals surface area contributed by atoms with Gasteiger partial charge in [-0.25, -0.2) is 4.98 Å². The molecular formula is C13H18N4O2. The van der Waals surface area contributed by atoms with E-state index in [4.69, 9.17) is 5.26 Å². The molecule has 0 fully saturated rings. The highest BCUT2D eigenvalue weighted by Gasteiger charge is 2.20. The molecule has 1 aromatic heterocycles. The van der Waals surface area contributed by atoms with Crippen molar-refractivity contribution in [2.24, 2.45) is 11.3 Å². The van der Waals surface area contributed by atoms with Crippen molar-refractivity contribution in [1.82, 2.24) is 4.98 Å². The maximum atomic E-state index is 10.7. The Labute approximate surface area is 112 Å². The SMILES string of the molecule is CC(CNc1ccc([N+](=O)[O-])c(C#N)n1)C(C)(C)C. The Morgan fingerprint density at radius 3 is 2.63 bits per heavy atom. The van der Waals surface area contributed by atoms with Crippen molar-refractivity contribution in [3.05, 3.63) is 27.9 Å². The van der Waals surface area contributed by atoms with Crippen LogP contribution in [-0.2, 0) is 0 Å². The zero-order chi connectivity index (χ0) is 14.6. The van der Waals surface area contributed by atoms with Crippen LogP contribution in [0.15, 0.2) is 12.1 Å². The van der Waals surface area contributed by atoms with Gasteiger partial charge in [-0.1, -0.05) is 27.7 Å². The number of nitriles is 1. The number of hydrogen-bond acceptors (Lipinski definition) is 5. The molecule has 1 unspecified atom stereocenters. The van der Waals surface area contributed by atoms with E-state index in [2.05, 4.69) is 38.0 Å². The average molecular weight is 262 g/mol. The number of nitrogens with one attached hydrogen (secondary N) is 1. The van der Waals surface area contributed by atoms with E-state index in [0.717, 1.165) is 0 Å².